The van der Waals surface area contributed by atoms with Crippen LogP contribution < -0.4 is 0 Å². The second kappa shape index (κ2) is 5.77. The van der Waals surface area contributed by atoms with Gasteiger partial charge in [-0.2, -0.15) is 0 Å². The molecule has 0 unspecified atom stereocenters. The van der Waals surface area contributed by atoms with Crippen LogP contribution in [0.25, 0.3) is 0 Å². The SMILES string of the molecule is CC1=C(C)CCC=CCC1.[Pt+2]. The van der Waals surface area contributed by atoms with Gasteiger partial charge in [0.2, 0.25) is 0 Å². The van der Waals surface area contributed by atoms with Crippen molar-refractivity contribution < 1.29 is 21.1 Å². The van der Waals surface area contributed by atoms with Gasteiger partial charge in [0.05, 0.1) is 0 Å². The van der Waals surface area contributed by atoms with Crippen LogP contribution in [0.2, 0.25) is 0 Å². The molecule has 1 rings (SSSR count). The van der Waals surface area contributed by atoms with E-state index in [-0.39, 0.29) is 21.1 Å². The van der Waals surface area contributed by atoms with Crippen molar-refractivity contribution in [1.29, 1.82) is 0 Å². The van der Waals surface area contributed by atoms with Crippen LogP contribution >= 0.6 is 0 Å². The molecular formula is C10H16Pt+2. The molecule has 0 aromatic heterocycles. The first-order chi connectivity index (χ1) is 4.80. The van der Waals surface area contributed by atoms with Crippen LogP contribution in [0.3, 0.4) is 0 Å². The minimum absolute atomic E-state index is 0. The third kappa shape index (κ3) is 3.91. The maximum atomic E-state index is 2.30. The van der Waals surface area contributed by atoms with Crippen LogP contribution in [0.5, 0.6) is 0 Å². The summed E-state index contributed by atoms with van der Waals surface area (Å²) >= 11 is 0. The average Bonchev–Trinajstić information content (AvgIpc) is 1.92. The molecule has 64 valence electrons. The summed E-state index contributed by atoms with van der Waals surface area (Å²) in [7, 11) is 0. The monoisotopic (exact) mass is 331 g/mol. The zero-order valence-electron chi connectivity index (χ0n) is 7.30. The van der Waals surface area contributed by atoms with Crippen molar-refractivity contribution in [1.82, 2.24) is 0 Å². The van der Waals surface area contributed by atoms with Crippen molar-refractivity contribution in [2.24, 2.45) is 0 Å². The first-order valence-corrected chi connectivity index (χ1v) is 4.11. The van der Waals surface area contributed by atoms with E-state index in [1.807, 2.05) is 0 Å². The summed E-state index contributed by atoms with van der Waals surface area (Å²) in [5.41, 5.74) is 3.20. The van der Waals surface area contributed by atoms with Gasteiger partial charge in [0.25, 0.3) is 0 Å². The van der Waals surface area contributed by atoms with Crippen LogP contribution in [0.1, 0.15) is 39.5 Å². The Morgan fingerprint density at radius 3 is 1.64 bits per heavy atom. The van der Waals surface area contributed by atoms with Crippen LogP contribution in [-0.2, 0) is 21.1 Å². The van der Waals surface area contributed by atoms with Crippen molar-refractivity contribution in [2.45, 2.75) is 39.5 Å². The summed E-state index contributed by atoms with van der Waals surface area (Å²) in [5.74, 6) is 0. The van der Waals surface area contributed by atoms with Crippen LogP contribution in [0.4, 0.5) is 0 Å². The molecule has 0 nitrogen and oxygen atoms in total. The van der Waals surface area contributed by atoms with Gasteiger partial charge in [0, 0.05) is 0 Å². The number of allylic oxidation sites excluding steroid dienone is 4. The topological polar surface area (TPSA) is 0 Å². The molecule has 0 aromatic carbocycles. The molecule has 0 amide bonds. The van der Waals surface area contributed by atoms with Crippen LogP contribution in [0, 0.1) is 0 Å². The standard InChI is InChI=1S/C10H16.Pt/c1-9-7-5-3-4-6-8-10(9)2;/h3-4H,5-8H2,1-2H3;/q;+2. The number of rotatable bonds is 0. The van der Waals surface area contributed by atoms with E-state index in [1.54, 1.807) is 11.1 Å². The van der Waals surface area contributed by atoms with Gasteiger partial charge in [-0.15, -0.1) is 0 Å². The fraction of sp³-hybridized carbons (Fsp3) is 0.600. The Labute approximate surface area is 84.0 Å². The van der Waals surface area contributed by atoms with Gasteiger partial charge in [-0.3, -0.25) is 0 Å². The summed E-state index contributed by atoms with van der Waals surface area (Å²) < 4.78 is 0. The van der Waals surface area contributed by atoms with Crippen molar-refractivity contribution >= 4 is 0 Å². The zero-order valence-corrected chi connectivity index (χ0v) is 9.57. The van der Waals surface area contributed by atoms with Gasteiger partial charge in [-0.05, 0) is 39.5 Å². The minimum atomic E-state index is 0. The maximum absolute atomic E-state index is 2.30. The summed E-state index contributed by atoms with van der Waals surface area (Å²) in [6.45, 7) is 4.52. The van der Waals surface area contributed by atoms with Crippen molar-refractivity contribution in [2.75, 3.05) is 0 Å². The van der Waals surface area contributed by atoms with E-state index >= 15 is 0 Å². The second-order valence-corrected chi connectivity index (χ2v) is 3.11. The van der Waals surface area contributed by atoms with Crippen molar-refractivity contribution in [3.05, 3.63) is 23.3 Å². The summed E-state index contributed by atoms with van der Waals surface area (Å²) in [5, 5.41) is 0. The van der Waals surface area contributed by atoms with E-state index in [1.165, 1.54) is 25.7 Å². The molecule has 1 aliphatic rings. The average molecular weight is 331 g/mol. The molecule has 1 aliphatic carbocycles. The van der Waals surface area contributed by atoms with Crippen molar-refractivity contribution in [3.8, 4) is 0 Å². The molecule has 0 aliphatic heterocycles. The van der Waals surface area contributed by atoms with E-state index in [0.29, 0.717) is 0 Å². The Morgan fingerprint density at radius 1 is 0.909 bits per heavy atom. The van der Waals surface area contributed by atoms with Crippen LogP contribution in [-0.4, -0.2) is 0 Å². The molecule has 0 aromatic rings. The third-order valence-corrected chi connectivity index (χ3v) is 2.27. The molecule has 0 saturated carbocycles. The Balaban J connectivity index is 0.000001000. The van der Waals surface area contributed by atoms with Gasteiger partial charge < -0.3 is 0 Å². The quantitative estimate of drug-likeness (QED) is 0.597. The van der Waals surface area contributed by atoms with Gasteiger partial charge in [-0.1, -0.05) is 23.3 Å². The minimum Gasteiger partial charge on any atom is -0.0882 e. The fourth-order valence-electron chi connectivity index (χ4n) is 1.26. The Hall–Kier alpha value is 0.168. The summed E-state index contributed by atoms with van der Waals surface area (Å²) in [4.78, 5) is 0. The number of hydrogen-bond donors (Lipinski definition) is 0. The predicted molar refractivity (Wildman–Crippen MR) is 46.0 cm³/mol. The van der Waals surface area contributed by atoms with E-state index in [2.05, 4.69) is 26.0 Å². The third-order valence-electron chi connectivity index (χ3n) is 2.27. The Morgan fingerprint density at radius 2 is 1.27 bits per heavy atom. The molecule has 1 heteroatoms. The first-order valence-electron chi connectivity index (χ1n) is 4.11. The second-order valence-electron chi connectivity index (χ2n) is 3.11. The molecule has 0 saturated heterocycles. The molecule has 0 fully saturated rings. The van der Waals surface area contributed by atoms with Gasteiger partial charge in [-0.25, -0.2) is 0 Å². The molecule has 11 heavy (non-hydrogen) atoms. The smallest absolute Gasteiger partial charge is 0.0882 e. The normalized spacial score (nSPS) is 18.7. The zero-order chi connectivity index (χ0) is 7.40. The molecule has 0 heterocycles. The van der Waals surface area contributed by atoms with Gasteiger partial charge in [0.15, 0.2) is 0 Å². The van der Waals surface area contributed by atoms with Gasteiger partial charge in [0.1, 0.15) is 0 Å². The van der Waals surface area contributed by atoms with Crippen molar-refractivity contribution in [3.63, 3.8) is 0 Å². The predicted octanol–water partition coefficient (Wildman–Crippen LogP) is 3.45. The molecule has 0 N–H and O–H groups in total. The van der Waals surface area contributed by atoms with E-state index < -0.39 is 0 Å². The number of hydrogen-bond acceptors (Lipinski definition) is 0. The molecule has 0 spiro atoms. The van der Waals surface area contributed by atoms with E-state index in [0.717, 1.165) is 0 Å². The Kier molecular flexibility index (Phi) is 5.86. The molecular weight excluding hydrogens is 315 g/mol. The molecule has 0 bridgehead atoms. The maximum Gasteiger partial charge on any atom is 2.00 e. The Bertz CT molecular complexity index is 148. The summed E-state index contributed by atoms with van der Waals surface area (Å²) in [6, 6.07) is 0. The largest absolute Gasteiger partial charge is 2.00 e. The summed E-state index contributed by atoms with van der Waals surface area (Å²) in [6.07, 6.45) is 9.61. The molecule has 0 radical (unpaired) electrons. The van der Waals surface area contributed by atoms with Gasteiger partial charge >= 0.3 is 21.1 Å². The fourth-order valence-corrected chi connectivity index (χ4v) is 1.26. The molecule has 0 atom stereocenters. The van der Waals surface area contributed by atoms with Crippen LogP contribution in [0.15, 0.2) is 23.3 Å². The first kappa shape index (κ1) is 11.2. The van der Waals surface area contributed by atoms with E-state index in [9.17, 15) is 0 Å². The van der Waals surface area contributed by atoms with E-state index in [4.69, 9.17) is 0 Å².